The smallest absolute Gasteiger partial charge is 0.245 e. The Morgan fingerprint density at radius 1 is 1.00 bits per heavy atom. The molecule has 0 saturated carbocycles. The van der Waals surface area contributed by atoms with Gasteiger partial charge in [0.2, 0.25) is 17.1 Å². The van der Waals surface area contributed by atoms with Gasteiger partial charge in [0.1, 0.15) is 0 Å². The highest BCUT2D eigenvalue weighted by atomic mass is 16.5. The number of Topliss-reactive ketones (excluding diaryl/α,β-unsaturated/α-hetero) is 1. The molecule has 0 saturated heterocycles. The Kier molecular flexibility index (Phi) is 3.86. The first-order chi connectivity index (χ1) is 9.37. The summed E-state index contributed by atoms with van der Waals surface area (Å²) in [4.78, 5) is 12.3. The zero-order chi connectivity index (χ0) is 14.9. The topological polar surface area (TPSA) is 55.8 Å². The Labute approximate surface area is 119 Å². The number of ether oxygens (including phenoxy) is 2. The van der Waals surface area contributed by atoms with Gasteiger partial charge in [-0.2, -0.15) is 0 Å². The molecular formula is C16H20O4. The van der Waals surface area contributed by atoms with Gasteiger partial charge in [0.25, 0.3) is 0 Å². The van der Waals surface area contributed by atoms with E-state index < -0.39 is 11.4 Å². The van der Waals surface area contributed by atoms with E-state index in [1.165, 1.54) is 0 Å². The highest BCUT2D eigenvalue weighted by molar-refractivity contribution is 6.10. The van der Waals surface area contributed by atoms with Gasteiger partial charge in [-0.1, -0.05) is 30.3 Å². The predicted molar refractivity (Wildman–Crippen MR) is 74.8 cm³/mol. The van der Waals surface area contributed by atoms with E-state index in [0.717, 1.165) is 0 Å². The van der Waals surface area contributed by atoms with Gasteiger partial charge in [-0.25, -0.2) is 0 Å². The van der Waals surface area contributed by atoms with E-state index in [2.05, 4.69) is 0 Å². The van der Waals surface area contributed by atoms with E-state index in [4.69, 9.17) is 9.47 Å². The maximum atomic E-state index is 12.3. The van der Waals surface area contributed by atoms with Crippen molar-refractivity contribution in [3.8, 4) is 0 Å². The summed E-state index contributed by atoms with van der Waals surface area (Å²) in [5, 5.41) is 10.7. The van der Waals surface area contributed by atoms with Crippen LogP contribution >= 0.6 is 0 Å². The molecule has 1 unspecified atom stereocenters. The summed E-state index contributed by atoms with van der Waals surface area (Å²) in [6.45, 7) is 7.34. The van der Waals surface area contributed by atoms with Gasteiger partial charge in [-0.15, -0.1) is 0 Å². The zero-order valence-corrected chi connectivity index (χ0v) is 12.2. The zero-order valence-electron chi connectivity index (χ0n) is 12.2. The first-order valence-corrected chi connectivity index (χ1v) is 6.78. The van der Waals surface area contributed by atoms with Crippen LogP contribution in [0.3, 0.4) is 0 Å². The molecule has 0 heterocycles. The molecule has 2 rings (SSSR count). The maximum Gasteiger partial charge on any atom is 0.245 e. The maximum absolute atomic E-state index is 12.3. The summed E-state index contributed by atoms with van der Waals surface area (Å²) in [7, 11) is 0. The van der Waals surface area contributed by atoms with Crippen LogP contribution in [0.2, 0.25) is 0 Å². The minimum atomic E-state index is -1.73. The van der Waals surface area contributed by atoms with Gasteiger partial charge in [0.15, 0.2) is 5.76 Å². The van der Waals surface area contributed by atoms with E-state index in [9.17, 15) is 9.90 Å². The first-order valence-electron chi connectivity index (χ1n) is 6.78. The largest absolute Gasteiger partial charge is 0.487 e. The third kappa shape index (κ3) is 2.31. The molecule has 0 fully saturated rings. The molecule has 20 heavy (non-hydrogen) atoms. The SMILES string of the molecule is CC(C)OC1=C(OC(C)C)C(O)(c2ccccc2)C1=O. The molecule has 0 bridgehead atoms. The molecule has 0 aromatic heterocycles. The predicted octanol–water partition coefficient (Wildman–Crippen LogP) is 2.52. The van der Waals surface area contributed by atoms with Crippen LogP contribution in [0.5, 0.6) is 0 Å². The molecule has 1 aliphatic carbocycles. The standard InChI is InChI=1S/C16H20O4/c1-10(2)19-13-14(17)16(18,15(13)20-11(3)4)12-8-6-5-7-9-12/h5-11,18H,1-4H3. The lowest BCUT2D eigenvalue weighted by Gasteiger charge is -2.39. The lowest BCUT2D eigenvalue weighted by Crippen LogP contribution is -2.50. The van der Waals surface area contributed by atoms with E-state index >= 15 is 0 Å². The summed E-state index contributed by atoms with van der Waals surface area (Å²) in [5.74, 6) is -0.120. The minimum Gasteiger partial charge on any atom is -0.487 e. The Balaban J connectivity index is 2.44. The van der Waals surface area contributed by atoms with E-state index in [1.807, 2.05) is 33.8 Å². The fourth-order valence-corrected chi connectivity index (χ4v) is 2.13. The fraction of sp³-hybridized carbons (Fsp3) is 0.438. The number of hydrogen-bond donors (Lipinski definition) is 1. The molecule has 108 valence electrons. The van der Waals surface area contributed by atoms with Crippen molar-refractivity contribution in [3.05, 3.63) is 47.4 Å². The van der Waals surface area contributed by atoms with Gasteiger partial charge in [-0.3, -0.25) is 4.79 Å². The Bertz CT molecular complexity index is 531. The minimum absolute atomic E-state index is 0.125. The van der Waals surface area contributed by atoms with E-state index in [-0.39, 0.29) is 23.7 Å². The van der Waals surface area contributed by atoms with Crippen LogP contribution in [0.1, 0.15) is 33.3 Å². The van der Waals surface area contributed by atoms with Gasteiger partial charge >= 0.3 is 0 Å². The molecule has 1 aromatic rings. The van der Waals surface area contributed by atoms with Crippen LogP contribution in [0.25, 0.3) is 0 Å². The average Bonchev–Trinajstić information content (AvgIpc) is 2.42. The van der Waals surface area contributed by atoms with Crippen LogP contribution in [0.4, 0.5) is 0 Å². The molecule has 1 aromatic carbocycles. The molecule has 0 radical (unpaired) electrons. The molecule has 1 N–H and O–H groups in total. The number of rotatable bonds is 5. The molecule has 0 amide bonds. The first kappa shape index (κ1) is 14.6. The lowest BCUT2D eigenvalue weighted by atomic mass is 9.77. The number of ketones is 1. The van der Waals surface area contributed by atoms with Crippen LogP contribution in [0, 0.1) is 0 Å². The summed E-state index contributed by atoms with van der Waals surface area (Å²) >= 11 is 0. The molecule has 1 atom stereocenters. The number of benzene rings is 1. The Hall–Kier alpha value is -1.81. The molecule has 0 spiro atoms. The second-order valence-corrected chi connectivity index (χ2v) is 5.40. The van der Waals surface area contributed by atoms with Crippen LogP contribution in [-0.4, -0.2) is 23.1 Å². The van der Waals surface area contributed by atoms with Crippen LogP contribution in [-0.2, 0) is 19.9 Å². The van der Waals surface area contributed by atoms with Gasteiger partial charge < -0.3 is 14.6 Å². The summed E-state index contributed by atoms with van der Waals surface area (Å²) in [6.07, 6.45) is -0.306. The number of aliphatic hydroxyl groups is 1. The normalized spacial score (nSPS) is 22.2. The number of hydrogen-bond acceptors (Lipinski definition) is 4. The van der Waals surface area contributed by atoms with Crippen LogP contribution < -0.4 is 0 Å². The quantitative estimate of drug-likeness (QED) is 0.898. The molecule has 4 heteroatoms. The van der Waals surface area contributed by atoms with Gasteiger partial charge in [-0.05, 0) is 33.3 Å². The molecule has 1 aliphatic rings. The second-order valence-electron chi connectivity index (χ2n) is 5.40. The van der Waals surface area contributed by atoms with Gasteiger partial charge in [0, 0.05) is 0 Å². The number of carbonyl (C=O) groups excluding carboxylic acids is 1. The Morgan fingerprint density at radius 3 is 2.05 bits per heavy atom. The fourth-order valence-electron chi connectivity index (χ4n) is 2.13. The summed E-state index contributed by atoms with van der Waals surface area (Å²) in [5.41, 5.74) is -1.23. The molecule has 4 nitrogen and oxygen atoms in total. The summed E-state index contributed by atoms with van der Waals surface area (Å²) < 4.78 is 11.1. The monoisotopic (exact) mass is 276 g/mol. The highest BCUT2D eigenvalue weighted by Crippen LogP contribution is 2.45. The van der Waals surface area contributed by atoms with Crippen molar-refractivity contribution in [3.63, 3.8) is 0 Å². The van der Waals surface area contributed by atoms with Crippen molar-refractivity contribution in [2.75, 3.05) is 0 Å². The van der Waals surface area contributed by atoms with Crippen molar-refractivity contribution in [2.24, 2.45) is 0 Å². The van der Waals surface area contributed by atoms with Crippen LogP contribution in [0.15, 0.2) is 41.9 Å². The van der Waals surface area contributed by atoms with Crippen molar-refractivity contribution >= 4 is 5.78 Å². The lowest BCUT2D eigenvalue weighted by molar-refractivity contribution is -0.151. The third-order valence-electron chi connectivity index (χ3n) is 2.97. The second kappa shape index (κ2) is 5.29. The average molecular weight is 276 g/mol. The Morgan fingerprint density at radius 2 is 1.55 bits per heavy atom. The number of carbonyl (C=O) groups is 1. The van der Waals surface area contributed by atoms with E-state index in [1.54, 1.807) is 24.3 Å². The third-order valence-corrected chi connectivity index (χ3v) is 2.97. The van der Waals surface area contributed by atoms with Crippen molar-refractivity contribution in [2.45, 2.75) is 45.5 Å². The highest BCUT2D eigenvalue weighted by Gasteiger charge is 2.58. The van der Waals surface area contributed by atoms with Crippen molar-refractivity contribution in [1.29, 1.82) is 0 Å². The molecular weight excluding hydrogens is 256 g/mol. The summed E-state index contributed by atoms with van der Waals surface area (Å²) in [6, 6.07) is 8.78. The van der Waals surface area contributed by atoms with Crippen molar-refractivity contribution < 1.29 is 19.4 Å². The van der Waals surface area contributed by atoms with E-state index in [0.29, 0.717) is 5.56 Å². The van der Waals surface area contributed by atoms with Gasteiger partial charge in [0.05, 0.1) is 12.2 Å². The van der Waals surface area contributed by atoms with Crippen molar-refractivity contribution in [1.82, 2.24) is 0 Å². The molecule has 0 aliphatic heterocycles.